The number of hydrogen-bond donors (Lipinski definition) is 0. The molecule has 0 aromatic carbocycles. The van der Waals surface area contributed by atoms with Gasteiger partial charge in [-0.3, -0.25) is 19.2 Å². The Morgan fingerprint density at radius 2 is 0.872 bits per heavy atom. The van der Waals surface area contributed by atoms with E-state index in [4.69, 9.17) is 18.9 Å². The standard InChI is InChI=1S/C31H56O8/c1-11-15-17-23(13-3)25(32)36-19-29(5,6)20-38-27(34)31(9,10)22-39-28(35)30(7,8)21-37-26(33)24(14-4)18-16-12-2/h23-24H,11-22H2,1-10H3. The molecule has 39 heavy (non-hydrogen) atoms. The number of carbonyl (C=O) groups is 4. The topological polar surface area (TPSA) is 105 Å². The Labute approximate surface area is 237 Å². The zero-order valence-electron chi connectivity index (χ0n) is 26.4. The largest absolute Gasteiger partial charge is 0.465 e. The fourth-order valence-corrected chi connectivity index (χ4v) is 3.69. The Morgan fingerprint density at radius 3 is 1.26 bits per heavy atom. The number of hydrogen-bond acceptors (Lipinski definition) is 8. The molecule has 0 heterocycles. The predicted molar refractivity (Wildman–Crippen MR) is 152 cm³/mol. The summed E-state index contributed by atoms with van der Waals surface area (Å²) in [7, 11) is 0. The van der Waals surface area contributed by atoms with E-state index in [-0.39, 0.29) is 50.2 Å². The summed E-state index contributed by atoms with van der Waals surface area (Å²) in [4.78, 5) is 50.4. The highest BCUT2D eigenvalue weighted by atomic mass is 16.6. The van der Waals surface area contributed by atoms with Gasteiger partial charge in [0.25, 0.3) is 0 Å². The highest BCUT2D eigenvalue weighted by Crippen LogP contribution is 2.26. The molecule has 0 aromatic rings. The van der Waals surface area contributed by atoms with E-state index in [9.17, 15) is 19.2 Å². The van der Waals surface area contributed by atoms with Crippen LogP contribution >= 0.6 is 0 Å². The van der Waals surface area contributed by atoms with Crippen LogP contribution in [0.2, 0.25) is 0 Å². The van der Waals surface area contributed by atoms with Crippen molar-refractivity contribution in [3.63, 3.8) is 0 Å². The molecule has 0 N–H and O–H groups in total. The molecule has 0 aliphatic carbocycles. The molecule has 228 valence electrons. The van der Waals surface area contributed by atoms with Crippen molar-refractivity contribution in [2.75, 3.05) is 26.4 Å². The molecular weight excluding hydrogens is 500 g/mol. The molecule has 0 aromatic heterocycles. The third kappa shape index (κ3) is 14.2. The molecular formula is C31H56O8. The van der Waals surface area contributed by atoms with E-state index in [0.717, 1.165) is 44.9 Å². The van der Waals surface area contributed by atoms with Crippen LogP contribution in [-0.2, 0) is 38.1 Å². The van der Waals surface area contributed by atoms with Crippen LogP contribution in [0.3, 0.4) is 0 Å². The number of ether oxygens (including phenoxy) is 4. The van der Waals surface area contributed by atoms with Crippen LogP contribution in [0.4, 0.5) is 0 Å². The van der Waals surface area contributed by atoms with Crippen molar-refractivity contribution in [3.8, 4) is 0 Å². The van der Waals surface area contributed by atoms with Crippen LogP contribution < -0.4 is 0 Å². The van der Waals surface area contributed by atoms with Gasteiger partial charge in [-0.15, -0.1) is 0 Å². The Morgan fingerprint density at radius 1 is 0.538 bits per heavy atom. The fraction of sp³-hybridized carbons (Fsp3) is 0.871. The van der Waals surface area contributed by atoms with Gasteiger partial charge in [-0.05, 0) is 53.4 Å². The van der Waals surface area contributed by atoms with Gasteiger partial charge in [0, 0.05) is 5.41 Å². The highest BCUT2D eigenvalue weighted by molar-refractivity contribution is 5.79. The van der Waals surface area contributed by atoms with Crippen LogP contribution in [0.1, 0.15) is 121 Å². The highest BCUT2D eigenvalue weighted by Gasteiger charge is 2.37. The summed E-state index contributed by atoms with van der Waals surface area (Å²) < 4.78 is 22.0. The minimum atomic E-state index is -1.09. The molecule has 0 aliphatic rings. The van der Waals surface area contributed by atoms with E-state index in [2.05, 4.69) is 13.8 Å². The molecule has 0 rings (SSSR count). The quantitative estimate of drug-likeness (QED) is 0.121. The van der Waals surface area contributed by atoms with E-state index in [0.29, 0.717) is 6.42 Å². The second kappa shape index (κ2) is 17.5. The molecule has 0 radical (unpaired) electrons. The summed E-state index contributed by atoms with van der Waals surface area (Å²) in [5.41, 5.74) is -2.71. The minimum absolute atomic E-state index is 0.0559. The second-order valence-electron chi connectivity index (χ2n) is 12.8. The maximum Gasteiger partial charge on any atom is 0.315 e. The molecule has 2 atom stereocenters. The molecule has 0 amide bonds. The van der Waals surface area contributed by atoms with E-state index in [1.807, 2.05) is 27.7 Å². The lowest BCUT2D eigenvalue weighted by Crippen LogP contribution is -2.39. The third-order valence-corrected chi connectivity index (χ3v) is 6.91. The summed E-state index contributed by atoms with van der Waals surface area (Å²) in [6.45, 7) is 18.3. The van der Waals surface area contributed by atoms with Crippen LogP contribution in [0, 0.1) is 28.1 Å². The zero-order valence-corrected chi connectivity index (χ0v) is 26.4. The van der Waals surface area contributed by atoms with Gasteiger partial charge in [-0.25, -0.2) is 0 Å². The maximum atomic E-state index is 12.8. The first-order valence-electron chi connectivity index (χ1n) is 14.7. The van der Waals surface area contributed by atoms with Gasteiger partial charge in [0.2, 0.25) is 0 Å². The monoisotopic (exact) mass is 556 g/mol. The van der Waals surface area contributed by atoms with Gasteiger partial charge in [0.15, 0.2) is 0 Å². The summed E-state index contributed by atoms with van der Waals surface area (Å²) in [5, 5.41) is 0. The average molecular weight is 557 g/mol. The van der Waals surface area contributed by atoms with Crippen LogP contribution in [-0.4, -0.2) is 50.3 Å². The van der Waals surface area contributed by atoms with Crippen molar-refractivity contribution in [2.45, 2.75) is 121 Å². The Kier molecular flexibility index (Phi) is 16.6. The summed E-state index contributed by atoms with van der Waals surface area (Å²) >= 11 is 0. The van der Waals surface area contributed by atoms with E-state index < -0.39 is 28.2 Å². The second-order valence-corrected chi connectivity index (χ2v) is 12.8. The van der Waals surface area contributed by atoms with E-state index in [1.165, 1.54) is 0 Å². The molecule has 0 fully saturated rings. The molecule has 2 unspecified atom stereocenters. The maximum absolute atomic E-state index is 12.8. The smallest absolute Gasteiger partial charge is 0.315 e. The van der Waals surface area contributed by atoms with E-state index >= 15 is 0 Å². The lowest BCUT2D eigenvalue weighted by atomic mass is 9.92. The Bertz CT molecular complexity index is 769. The van der Waals surface area contributed by atoms with Crippen molar-refractivity contribution < 1.29 is 38.1 Å². The number of unbranched alkanes of at least 4 members (excludes halogenated alkanes) is 2. The summed E-state index contributed by atoms with van der Waals surface area (Å²) in [6, 6.07) is 0. The van der Waals surface area contributed by atoms with Crippen LogP contribution in [0.25, 0.3) is 0 Å². The normalized spacial score (nSPS) is 13.8. The van der Waals surface area contributed by atoms with Gasteiger partial charge >= 0.3 is 23.9 Å². The molecule has 0 aliphatic heterocycles. The van der Waals surface area contributed by atoms with Crippen molar-refractivity contribution in [2.24, 2.45) is 28.1 Å². The zero-order chi connectivity index (χ0) is 30.3. The lowest BCUT2D eigenvalue weighted by Gasteiger charge is -2.29. The first kappa shape index (κ1) is 36.9. The molecule has 0 bridgehead atoms. The summed E-state index contributed by atoms with van der Waals surface area (Å²) in [5.74, 6) is -1.87. The van der Waals surface area contributed by atoms with Crippen molar-refractivity contribution >= 4 is 23.9 Å². The van der Waals surface area contributed by atoms with Crippen LogP contribution in [0.15, 0.2) is 0 Å². The number of carbonyl (C=O) groups excluding carboxylic acids is 4. The third-order valence-electron chi connectivity index (χ3n) is 6.91. The van der Waals surface area contributed by atoms with Gasteiger partial charge in [0.05, 0.1) is 35.9 Å². The number of rotatable bonds is 20. The van der Waals surface area contributed by atoms with Crippen molar-refractivity contribution in [1.82, 2.24) is 0 Å². The predicted octanol–water partition coefficient (Wildman–Crippen LogP) is 6.67. The molecule has 8 heteroatoms. The van der Waals surface area contributed by atoms with Crippen LogP contribution in [0.5, 0.6) is 0 Å². The average Bonchev–Trinajstić information content (AvgIpc) is 2.88. The van der Waals surface area contributed by atoms with Gasteiger partial charge in [0.1, 0.15) is 13.2 Å². The van der Waals surface area contributed by atoms with Gasteiger partial charge < -0.3 is 18.9 Å². The first-order valence-corrected chi connectivity index (χ1v) is 14.7. The van der Waals surface area contributed by atoms with Crippen molar-refractivity contribution in [3.05, 3.63) is 0 Å². The number of esters is 4. The van der Waals surface area contributed by atoms with Crippen molar-refractivity contribution in [1.29, 1.82) is 0 Å². The molecule has 8 nitrogen and oxygen atoms in total. The lowest BCUT2D eigenvalue weighted by molar-refractivity contribution is -0.171. The molecule has 0 spiro atoms. The minimum Gasteiger partial charge on any atom is -0.465 e. The van der Waals surface area contributed by atoms with E-state index in [1.54, 1.807) is 27.7 Å². The van der Waals surface area contributed by atoms with Gasteiger partial charge in [-0.1, -0.05) is 67.2 Å². The molecule has 0 saturated heterocycles. The SMILES string of the molecule is CCCCC(CC)C(=O)OCC(C)(C)COC(=O)C(C)(C)COC(=O)C(C)(C)COC(=O)C(CC)CCCC. The first-order chi connectivity index (χ1) is 18.1. The summed E-state index contributed by atoms with van der Waals surface area (Å²) in [6.07, 6.45) is 6.97. The fourth-order valence-electron chi connectivity index (χ4n) is 3.69. The molecule has 0 saturated carbocycles. The Hall–Kier alpha value is -2.12. The van der Waals surface area contributed by atoms with Gasteiger partial charge in [-0.2, -0.15) is 0 Å². The Balaban J connectivity index is 4.76.